The van der Waals surface area contributed by atoms with Crippen LogP contribution in [0.5, 0.6) is 0 Å². The number of likely N-dealkylation sites (tertiary alicyclic amines) is 1. The molecule has 14 heavy (non-hydrogen) atoms. The highest BCUT2D eigenvalue weighted by atomic mass is 16.4. The first-order valence-corrected chi connectivity index (χ1v) is 5.41. The summed E-state index contributed by atoms with van der Waals surface area (Å²) in [7, 11) is 0. The second-order valence-corrected chi connectivity index (χ2v) is 4.47. The number of hydrogen-bond acceptors (Lipinski definition) is 3. The number of nitrogens with one attached hydrogen (secondary N) is 1. The molecular weight excluding hydrogens is 180 g/mol. The van der Waals surface area contributed by atoms with Crippen LogP contribution in [0.15, 0.2) is 0 Å². The van der Waals surface area contributed by atoms with Crippen molar-refractivity contribution < 1.29 is 9.90 Å². The SMILES string of the molecule is O=C(O)CN1CC[C@H](NCC2CC2)C1. The molecule has 0 aromatic carbocycles. The van der Waals surface area contributed by atoms with E-state index in [-0.39, 0.29) is 6.54 Å². The van der Waals surface area contributed by atoms with E-state index >= 15 is 0 Å². The summed E-state index contributed by atoms with van der Waals surface area (Å²) in [5, 5.41) is 12.1. The normalized spacial score (nSPS) is 28.1. The molecule has 0 amide bonds. The number of hydrogen-bond donors (Lipinski definition) is 2. The molecule has 2 rings (SSSR count). The zero-order chi connectivity index (χ0) is 9.97. The Bertz CT molecular complexity index is 216. The van der Waals surface area contributed by atoms with E-state index in [1.807, 2.05) is 4.90 Å². The maximum absolute atomic E-state index is 10.5. The Kier molecular flexibility index (Phi) is 3.03. The van der Waals surface area contributed by atoms with Crippen molar-refractivity contribution in [2.24, 2.45) is 5.92 Å². The van der Waals surface area contributed by atoms with Crippen molar-refractivity contribution in [2.75, 3.05) is 26.2 Å². The van der Waals surface area contributed by atoms with E-state index in [9.17, 15) is 4.79 Å². The van der Waals surface area contributed by atoms with Gasteiger partial charge in [-0.2, -0.15) is 0 Å². The third kappa shape index (κ3) is 2.96. The van der Waals surface area contributed by atoms with Gasteiger partial charge in [0.25, 0.3) is 0 Å². The van der Waals surface area contributed by atoms with Crippen LogP contribution in [0.2, 0.25) is 0 Å². The van der Waals surface area contributed by atoms with E-state index in [4.69, 9.17) is 5.11 Å². The Labute approximate surface area is 84.3 Å². The number of aliphatic carboxylic acids is 1. The van der Waals surface area contributed by atoms with Crippen LogP contribution in [0.4, 0.5) is 0 Å². The van der Waals surface area contributed by atoms with Gasteiger partial charge in [-0.3, -0.25) is 9.69 Å². The van der Waals surface area contributed by atoms with E-state index in [1.54, 1.807) is 0 Å². The second-order valence-electron chi connectivity index (χ2n) is 4.47. The minimum atomic E-state index is -0.715. The van der Waals surface area contributed by atoms with Gasteiger partial charge in [-0.25, -0.2) is 0 Å². The van der Waals surface area contributed by atoms with E-state index in [0.29, 0.717) is 6.04 Å². The molecule has 1 aliphatic heterocycles. The van der Waals surface area contributed by atoms with Crippen molar-refractivity contribution in [1.29, 1.82) is 0 Å². The average molecular weight is 198 g/mol. The molecule has 1 saturated carbocycles. The Morgan fingerprint density at radius 1 is 1.43 bits per heavy atom. The summed E-state index contributed by atoms with van der Waals surface area (Å²) < 4.78 is 0. The molecule has 1 heterocycles. The van der Waals surface area contributed by atoms with Crippen LogP contribution in [0.3, 0.4) is 0 Å². The van der Waals surface area contributed by atoms with Crippen LogP contribution in [0.25, 0.3) is 0 Å². The van der Waals surface area contributed by atoms with Gasteiger partial charge in [-0.15, -0.1) is 0 Å². The van der Waals surface area contributed by atoms with Gasteiger partial charge in [0, 0.05) is 19.1 Å². The van der Waals surface area contributed by atoms with Gasteiger partial charge >= 0.3 is 5.97 Å². The predicted octanol–water partition coefficient (Wildman–Crippen LogP) is 0.145. The number of carboxylic acids is 1. The summed E-state index contributed by atoms with van der Waals surface area (Å²) in [5.74, 6) is 0.191. The van der Waals surface area contributed by atoms with E-state index in [0.717, 1.165) is 32.0 Å². The minimum Gasteiger partial charge on any atom is -0.480 e. The fraction of sp³-hybridized carbons (Fsp3) is 0.900. The van der Waals surface area contributed by atoms with E-state index in [2.05, 4.69) is 5.32 Å². The maximum Gasteiger partial charge on any atom is 0.317 e. The van der Waals surface area contributed by atoms with Crippen molar-refractivity contribution in [3.05, 3.63) is 0 Å². The van der Waals surface area contributed by atoms with Gasteiger partial charge in [0.05, 0.1) is 6.54 Å². The Hall–Kier alpha value is -0.610. The lowest BCUT2D eigenvalue weighted by Crippen LogP contribution is -2.35. The Morgan fingerprint density at radius 3 is 2.86 bits per heavy atom. The van der Waals surface area contributed by atoms with E-state index < -0.39 is 5.97 Å². The summed E-state index contributed by atoms with van der Waals surface area (Å²) in [5.41, 5.74) is 0. The lowest BCUT2D eigenvalue weighted by atomic mass is 10.2. The van der Waals surface area contributed by atoms with Crippen LogP contribution in [-0.4, -0.2) is 48.2 Å². The lowest BCUT2D eigenvalue weighted by Gasteiger charge is -2.14. The Balaban J connectivity index is 1.63. The fourth-order valence-corrected chi connectivity index (χ4v) is 1.99. The summed E-state index contributed by atoms with van der Waals surface area (Å²) in [6.45, 7) is 3.15. The van der Waals surface area contributed by atoms with E-state index in [1.165, 1.54) is 12.8 Å². The van der Waals surface area contributed by atoms with Crippen molar-refractivity contribution in [1.82, 2.24) is 10.2 Å². The van der Waals surface area contributed by atoms with Crippen LogP contribution < -0.4 is 5.32 Å². The summed E-state index contributed by atoms with van der Waals surface area (Å²) in [6, 6.07) is 0.523. The highest BCUT2D eigenvalue weighted by Crippen LogP contribution is 2.28. The summed E-state index contributed by atoms with van der Waals surface area (Å²) in [6.07, 6.45) is 3.84. The molecule has 80 valence electrons. The van der Waals surface area contributed by atoms with Crippen LogP contribution in [0.1, 0.15) is 19.3 Å². The van der Waals surface area contributed by atoms with Gasteiger partial charge in [-0.05, 0) is 31.7 Å². The molecule has 0 unspecified atom stereocenters. The third-order valence-electron chi connectivity index (χ3n) is 3.02. The average Bonchev–Trinajstić information content (AvgIpc) is 2.84. The standard InChI is InChI=1S/C10H18N2O2/c13-10(14)7-12-4-3-9(6-12)11-5-8-1-2-8/h8-9,11H,1-7H2,(H,13,14)/t9-/m0/s1. The quantitative estimate of drug-likeness (QED) is 0.660. The molecular formula is C10H18N2O2. The fourth-order valence-electron chi connectivity index (χ4n) is 1.99. The predicted molar refractivity (Wildman–Crippen MR) is 53.2 cm³/mol. The van der Waals surface area contributed by atoms with Crippen LogP contribution >= 0.6 is 0 Å². The molecule has 1 atom stereocenters. The monoisotopic (exact) mass is 198 g/mol. The number of rotatable bonds is 5. The molecule has 1 saturated heterocycles. The van der Waals surface area contributed by atoms with Crippen molar-refractivity contribution in [3.8, 4) is 0 Å². The summed E-state index contributed by atoms with van der Waals surface area (Å²) >= 11 is 0. The zero-order valence-electron chi connectivity index (χ0n) is 8.41. The van der Waals surface area contributed by atoms with Gasteiger partial charge in [0.2, 0.25) is 0 Å². The van der Waals surface area contributed by atoms with Gasteiger partial charge in [-0.1, -0.05) is 0 Å². The number of carboxylic acid groups (broad SMARTS) is 1. The first-order chi connectivity index (χ1) is 6.74. The zero-order valence-corrected chi connectivity index (χ0v) is 8.41. The van der Waals surface area contributed by atoms with Crippen LogP contribution in [0, 0.1) is 5.92 Å². The number of nitrogens with zero attached hydrogens (tertiary/aromatic N) is 1. The molecule has 4 nitrogen and oxygen atoms in total. The smallest absolute Gasteiger partial charge is 0.317 e. The lowest BCUT2D eigenvalue weighted by molar-refractivity contribution is -0.138. The van der Waals surface area contributed by atoms with Gasteiger partial charge in [0.15, 0.2) is 0 Å². The van der Waals surface area contributed by atoms with Gasteiger partial charge < -0.3 is 10.4 Å². The van der Waals surface area contributed by atoms with Crippen molar-refractivity contribution >= 4 is 5.97 Å². The van der Waals surface area contributed by atoms with Gasteiger partial charge in [0.1, 0.15) is 0 Å². The molecule has 2 aliphatic rings. The van der Waals surface area contributed by atoms with Crippen LogP contribution in [-0.2, 0) is 4.79 Å². The molecule has 1 aliphatic carbocycles. The number of carbonyl (C=O) groups is 1. The molecule has 0 aromatic heterocycles. The molecule has 0 radical (unpaired) electrons. The van der Waals surface area contributed by atoms with Crippen molar-refractivity contribution in [2.45, 2.75) is 25.3 Å². The first kappa shape index (κ1) is 9.93. The molecule has 2 fully saturated rings. The molecule has 4 heteroatoms. The maximum atomic E-state index is 10.5. The largest absolute Gasteiger partial charge is 0.480 e. The molecule has 2 N–H and O–H groups in total. The Morgan fingerprint density at radius 2 is 2.21 bits per heavy atom. The molecule has 0 bridgehead atoms. The molecule has 0 aromatic rings. The minimum absolute atomic E-state index is 0.196. The van der Waals surface area contributed by atoms with Crippen molar-refractivity contribution in [3.63, 3.8) is 0 Å². The summed E-state index contributed by atoms with van der Waals surface area (Å²) in [4.78, 5) is 12.5. The first-order valence-electron chi connectivity index (χ1n) is 5.41. The molecule has 0 spiro atoms. The second kappa shape index (κ2) is 4.28. The highest BCUT2D eigenvalue weighted by Gasteiger charge is 2.26. The highest BCUT2D eigenvalue weighted by molar-refractivity contribution is 5.69. The topological polar surface area (TPSA) is 52.6 Å². The third-order valence-corrected chi connectivity index (χ3v) is 3.02.